The third-order valence-corrected chi connectivity index (χ3v) is 5.49. The third kappa shape index (κ3) is 6.16. The zero-order chi connectivity index (χ0) is 22.2. The summed E-state index contributed by atoms with van der Waals surface area (Å²) in [4.78, 5) is 28.5. The highest BCUT2D eigenvalue weighted by molar-refractivity contribution is 7.98. The third-order valence-electron chi connectivity index (χ3n) is 4.69. The summed E-state index contributed by atoms with van der Waals surface area (Å²) >= 11 is 1.55. The fraction of sp³-hybridized carbons (Fsp3) is 0.167. The zero-order valence-corrected chi connectivity index (χ0v) is 18.2. The van der Waals surface area contributed by atoms with Crippen LogP contribution >= 0.6 is 11.8 Å². The van der Waals surface area contributed by atoms with Crippen molar-refractivity contribution in [2.75, 3.05) is 30.5 Å². The molecule has 3 aromatic rings. The predicted molar refractivity (Wildman–Crippen MR) is 124 cm³/mol. The van der Waals surface area contributed by atoms with Crippen LogP contribution in [-0.2, 0) is 9.59 Å². The van der Waals surface area contributed by atoms with Crippen LogP contribution in [0.25, 0.3) is 0 Å². The van der Waals surface area contributed by atoms with Crippen LogP contribution in [0.5, 0.6) is 0 Å². The summed E-state index contributed by atoms with van der Waals surface area (Å²) in [6, 6.07) is 21.7. The first-order valence-corrected chi connectivity index (χ1v) is 10.9. The lowest BCUT2D eigenvalue weighted by Crippen LogP contribution is -2.39. The Labute approximate surface area is 185 Å². The quantitative estimate of drug-likeness (QED) is 0.497. The van der Waals surface area contributed by atoms with Crippen LogP contribution in [0.4, 0.5) is 15.8 Å². The topological polar surface area (TPSA) is 61.4 Å². The van der Waals surface area contributed by atoms with Gasteiger partial charge in [-0.3, -0.25) is 14.5 Å². The molecule has 0 heterocycles. The molecule has 7 heteroatoms. The number of nitrogens with one attached hydrogen (secondary N) is 2. The Morgan fingerprint density at radius 3 is 2.26 bits per heavy atom. The maximum absolute atomic E-state index is 13.2. The van der Waals surface area contributed by atoms with Crippen molar-refractivity contribution in [1.82, 2.24) is 4.90 Å². The summed E-state index contributed by atoms with van der Waals surface area (Å²) in [6.45, 7) is 0.0130. The number of nitrogens with zero attached hydrogens (tertiary/aromatic N) is 1. The van der Waals surface area contributed by atoms with Crippen LogP contribution < -0.4 is 10.6 Å². The number of rotatable bonds is 8. The number of hydrogen-bond donors (Lipinski definition) is 2. The van der Waals surface area contributed by atoms with E-state index in [4.69, 9.17) is 0 Å². The first-order chi connectivity index (χ1) is 15.0. The van der Waals surface area contributed by atoms with E-state index >= 15 is 0 Å². The molecule has 0 aliphatic heterocycles. The van der Waals surface area contributed by atoms with E-state index in [1.54, 1.807) is 23.7 Å². The molecule has 160 valence electrons. The standard InChI is InChI=1S/C24H24FN3O2S/c1-28(16-22(29)27-20-10-6-7-11-21(20)31-2)23(17-8-4-3-5-9-17)24(30)26-19-14-12-18(25)13-15-19/h3-15,23H,16H2,1-2H3,(H,26,30)(H,27,29). The largest absolute Gasteiger partial charge is 0.324 e. The Balaban J connectivity index is 1.76. The van der Waals surface area contributed by atoms with Gasteiger partial charge in [-0.1, -0.05) is 42.5 Å². The molecular formula is C24H24FN3O2S. The van der Waals surface area contributed by atoms with Crippen molar-refractivity contribution >= 4 is 35.0 Å². The van der Waals surface area contributed by atoms with Crippen molar-refractivity contribution < 1.29 is 14.0 Å². The minimum absolute atomic E-state index is 0.0130. The van der Waals surface area contributed by atoms with E-state index in [2.05, 4.69) is 10.6 Å². The molecule has 0 aromatic heterocycles. The van der Waals surface area contributed by atoms with E-state index < -0.39 is 6.04 Å². The Bertz CT molecular complexity index is 1030. The van der Waals surface area contributed by atoms with Crippen LogP contribution in [0.15, 0.2) is 83.8 Å². The summed E-state index contributed by atoms with van der Waals surface area (Å²) in [5.74, 6) is -0.908. The van der Waals surface area contributed by atoms with Gasteiger partial charge in [0.15, 0.2) is 0 Å². The molecule has 2 N–H and O–H groups in total. The summed E-state index contributed by atoms with van der Waals surface area (Å²) < 4.78 is 13.2. The molecule has 1 unspecified atom stereocenters. The molecular weight excluding hydrogens is 413 g/mol. The fourth-order valence-corrected chi connectivity index (χ4v) is 3.79. The molecule has 0 radical (unpaired) electrons. The summed E-state index contributed by atoms with van der Waals surface area (Å²) in [5.41, 5.74) is 1.97. The van der Waals surface area contributed by atoms with Gasteiger partial charge in [0.1, 0.15) is 11.9 Å². The second-order valence-electron chi connectivity index (χ2n) is 6.97. The predicted octanol–water partition coefficient (Wildman–Crippen LogP) is 4.80. The molecule has 0 bridgehead atoms. The zero-order valence-electron chi connectivity index (χ0n) is 17.3. The molecule has 0 fully saturated rings. The first kappa shape index (κ1) is 22.5. The highest BCUT2D eigenvalue weighted by Gasteiger charge is 2.27. The van der Waals surface area contributed by atoms with Gasteiger partial charge in [0.05, 0.1) is 12.2 Å². The van der Waals surface area contributed by atoms with Crippen molar-refractivity contribution in [1.29, 1.82) is 0 Å². The van der Waals surface area contributed by atoms with Gasteiger partial charge in [-0.25, -0.2) is 4.39 Å². The van der Waals surface area contributed by atoms with Crippen LogP contribution in [0.2, 0.25) is 0 Å². The van der Waals surface area contributed by atoms with Crippen molar-refractivity contribution in [3.63, 3.8) is 0 Å². The van der Waals surface area contributed by atoms with Gasteiger partial charge in [-0.15, -0.1) is 11.8 Å². The van der Waals surface area contributed by atoms with Gasteiger partial charge in [0, 0.05) is 10.6 Å². The van der Waals surface area contributed by atoms with Crippen molar-refractivity contribution in [3.8, 4) is 0 Å². The number of thioether (sulfide) groups is 1. The van der Waals surface area contributed by atoms with E-state index in [1.807, 2.05) is 60.9 Å². The van der Waals surface area contributed by atoms with Crippen LogP contribution in [0, 0.1) is 5.82 Å². The molecule has 0 aliphatic rings. The van der Waals surface area contributed by atoms with Gasteiger partial charge in [0.2, 0.25) is 11.8 Å². The number of carbonyl (C=O) groups is 2. The van der Waals surface area contributed by atoms with Gasteiger partial charge in [-0.2, -0.15) is 0 Å². The molecule has 0 spiro atoms. The second-order valence-corrected chi connectivity index (χ2v) is 7.82. The Morgan fingerprint density at radius 2 is 1.58 bits per heavy atom. The van der Waals surface area contributed by atoms with E-state index in [1.165, 1.54) is 24.3 Å². The van der Waals surface area contributed by atoms with E-state index in [-0.39, 0.29) is 24.2 Å². The maximum atomic E-state index is 13.2. The fourth-order valence-electron chi connectivity index (χ4n) is 3.24. The molecule has 3 aromatic carbocycles. The molecule has 2 amide bonds. The van der Waals surface area contributed by atoms with Crippen LogP contribution in [0.3, 0.4) is 0 Å². The first-order valence-electron chi connectivity index (χ1n) is 9.72. The lowest BCUT2D eigenvalue weighted by atomic mass is 10.0. The van der Waals surface area contributed by atoms with Crippen molar-refractivity contribution in [2.45, 2.75) is 10.9 Å². The van der Waals surface area contributed by atoms with E-state index in [0.717, 1.165) is 16.1 Å². The number of carbonyl (C=O) groups excluding carboxylic acids is 2. The van der Waals surface area contributed by atoms with Gasteiger partial charge in [0.25, 0.3) is 0 Å². The lowest BCUT2D eigenvalue weighted by molar-refractivity contribution is -0.123. The Morgan fingerprint density at radius 1 is 0.935 bits per heavy atom. The minimum atomic E-state index is -0.701. The molecule has 31 heavy (non-hydrogen) atoms. The van der Waals surface area contributed by atoms with E-state index in [0.29, 0.717) is 5.69 Å². The van der Waals surface area contributed by atoms with Crippen molar-refractivity contribution in [3.05, 3.63) is 90.2 Å². The average molecular weight is 438 g/mol. The summed E-state index contributed by atoms with van der Waals surface area (Å²) in [6.07, 6.45) is 1.95. The molecule has 0 saturated carbocycles. The second kappa shape index (κ2) is 10.7. The highest BCUT2D eigenvalue weighted by Crippen LogP contribution is 2.25. The number of anilines is 2. The monoisotopic (exact) mass is 437 g/mol. The number of amides is 2. The minimum Gasteiger partial charge on any atom is -0.324 e. The molecule has 5 nitrogen and oxygen atoms in total. The number of benzene rings is 3. The smallest absolute Gasteiger partial charge is 0.246 e. The average Bonchev–Trinajstić information content (AvgIpc) is 2.76. The maximum Gasteiger partial charge on any atom is 0.246 e. The lowest BCUT2D eigenvalue weighted by Gasteiger charge is -2.27. The molecule has 0 saturated heterocycles. The van der Waals surface area contributed by atoms with Gasteiger partial charge in [-0.05, 0) is 55.3 Å². The Hall–Kier alpha value is -3.16. The van der Waals surface area contributed by atoms with Crippen LogP contribution in [0.1, 0.15) is 11.6 Å². The van der Waals surface area contributed by atoms with Gasteiger partial charge >= 0.3 is 0 Å². The normalized spacial score (nSPS) is 11.7. The molecule has 0 aliphatic carbocycles. The van der Waals surface area contributed by atoms with E-state index in [9.17, 15) is 14.0 Å². The highest BCUT2D eigenvalue weighted by atomic mass is 32.2. The number of halogens is 1. The van der Waals surface area contributed by atoms with Crippen LogP contribution in [-0.4, -0.2) is 36.6 Å². The van der Waals surface area contributed by atoms with Crippen molar-refractivity contribution in [2.24, 2.45) is 0 Å². The number of likely N-dealkylation sites (N-methyl/N-ethyl adjacent to an activating group) is 1. The molecule has 1 atom stereocenters. The number of hydrogen-bond acceptors (Lipinski definition) is 4. The molecule has 3 rings (SSSR count). The SMILES string of the molecule is CSc1ccccc1NC(=O)CN(C)C(C(=O)Nc1ccc(F)cc1)c1ccccc1. The van der Waals surface area contributed by atoms with Gasteiger partial charge < -0.3 is 10.6 Å². The number of para-hydroxylation sites is 1. The Kier molecular flexibility index (Phi) is 7.81. The summed E-state index contributed by atoms with van der Waals surface area (Å²) in [7, 11) is 1.72. The summed E-state index contributed by atoms with van der Waals surface area (Å²) in [5, 5.41) is 5.73.